The number of alkyl halides is 3. The Kier molecular flexibility index (Phi) is 7.38. The Morgan fingerprint density at radius 1 is 1.29 bits per heavy atom. The topological polar surface area (TPSA) is 73.8 Å². The molecule has 2 heterocycles. The van der Waals surface area contributed by atoms with E-state index in [2.05, 4.69) is 35.5 Å². The highest BCUT2D eigenvalue weighted by molar-refractivity contribution is 7.90. The third-order valence-electron chi connectivity index (χ3n) is 4.87. The van der Waals surface area contributed by atoms with Crippen molar-refractivity contribution in [3.8, 4) is 0 Å². The number of nitrogens with zero attached hydrogens (tertiary/aromatic N) is 2. The first-order valence-corrected chi connectivity index (χ1v) is 11.3. The summed E-state index contributed by atoms with van der Waals surface area (Å²) in [6, 6.07) is 4.10. The number of hydrogen-bond donors (Lipinski definition) is 2. The molecule has 28 heavy (non-hydrogen) atoms. The summed E-state index contributed by atoms with van der Waals surface area (Å²) < 4.78 is 61.3. The number of piperidine rings is 1. The normalized spacial score (nSPS) is 18.3. The number of sulfonamides is 1. The zero-order valence-electron chi connectivity index (χ0n) is 16.2. The van der Waals surface area contributed by atoms with Crippen molar-refractivity contribution in [2.45, 2.75) is 37.6 Å². The van der Waals surface area contributed by atoms with Crippen molar-refractivity contribution >= 4 is 27.3 Å². The zero-order valence-corrected chi connectivity index (χ0v) is 17.8. The van der Waals surface area contributed by atoms with E-state index in [1.807, 2.05) is 11.4 Å². The molecule has 1 aliphatic rings. The lowest BCUT2D eigenvalue weighted by atomic mass is 9.91. The van der Waals surface area contributed by atoms with Gasteiger partial charge >= 0.3 is 15.5 Å². The molecule has 2 N–H and O–H groups in total. The van der Waals surface area contributed by atoms with E-state index in [-0.39, 0.29) is 24.4 Å². The van der Waals surface area contributed by atoms with E-state index in [0.717, 1.165) is 0 Å². The van der Waals surface area contributed by atoms with Crippen LogP contribution in [0.5, 0.6) is 0 Å². The molecule has 0 aliphatic carbocycles. The molecule has 0 saturated carbocycles. The lowest BCUT2D eigenvalue weighted by molar-refractivity contribution is -0.0496. The van der Waals surface area contributed by atoms with Crippen molar-refractivity contribution in [2.24, 2.45) is 10.9 Å². The lowest BCUT2D eigenvalue weighted by Gasteiger charge is -2.32. The Morgan fingerprint density at radius 2 is 1.93 bits per heavy atom. The van der Waals surface area contributed by atoms with Gasteiger partial charge in [0.05, 0.1) is 0 Å². The lowest BCUT2D eigenvalue weighted by Crippen LogP contribution is -2.48. The van der Waals surface area contributed by atoms with Crippen LogP contribution >= 0.6 is 11.3 Å². The third-order valence-corrected chi connectivity index (χ3v) is 7.74. The molecule has 0 spiro atoms. The fourth-order valence-electron chi connectivity index (χ4n) is 3.02. The molecule has 1 fully saturated rings. The molecule has 160 valence electrons. The maximum atomic E-state index is 12.6. The summed E-state index contributed by atoms with van der Waals surface area (Å²) in [6.07, 6.45) is 0.750. The van der Waals surface area contributed by atoms with E-state index in [1.165, 1.54) is 4.88 Å². The molecule has 0 unspecified atom stereocenters. The number of nitrogens with one attached hydrogen (secondary N) is 2. The fourth-order valence-corrected chi connectivity index (χ4v) is 4.85. The minimum Gasteiger partial charge on any atom is -0.356 e. The van der Waals surface area contributed by atoms with Crippen LogP contribution in [-0.2, 0) is 15.4 Å². The van der Waals surface area contributed by atoms with Gasteiger partial charge in [0, 0.05) is 43.5 Å². The van der Waals surface area contributed by atoms with Gasteiger partial charge < -0.3 is 10.6 Å². The Bertz CT molecular complexity index is 754. The number of thiophene rings is 1. The van der Waals surface area contributed by atoms with Crippen LogP contribution in [0.25, 0.3) is 0 Å². The molecule has 1 aliphatic heterocycles. The summed E-state index contributed by atoms with van der Waals surface area (Å²) in [7, 11) is -3.57. The van der Waals surface area contributed by atoms with E-state index in [1.54, 1.807) is 18.4 Å². The van der Waals surface area contributed by atoms with E-state index in [9.17, 15) is 21.6 Å². The molecule has 6 nitrogen and oxygen atoms in total. The summed E-state index contributed by atoms with van der Waals surface area (Å²) in [5.41, 5.74) is -5.30. The quantitative estimate of drug-likeness (QED) is 0.527. The molecule has 2 rings (SSSR count). The monoisotopic (exact) mass is 440 g/mol. The van der Waals surface area contributed by atoms with Crippen LogP contribution in [0.3, 0.4) is 0 Å². The van der Waals surface area contributed by atoms with Crippen molar-refractivity contribution in [1.29, 1.82) is 0 Å². The summed E-state index contributed by atoms with van der Waals surface area (Å²) in [5.74, 6) is 0.707. The van der Waals surface area contributed by atoms with Gasteiger partial charge in [-0.15, -0.1) is 11.3 Å². The van der Waals surface area contributed by atoms with E-state index >= 15 is 0 Å². The van der Waals surface area contributed by atoms with Gasteiger partial charge in [-0.3, -0.25) is 4.99 Å². The number of aliphatic imine (C=N–C) groups is 1. The van der Waals surface area contributed by atoms with Gasteiger partial charge in [0.2, 0.25) is 0 Å². The third kappa shape index (κ3) is 5.60. The molecule has 1 saturated heterocycles. The molecule has 1 aromatic heterocycles. The molecule has 0 atom stereocenters. The van der Waals surface area contributed by atoms with Gasteiger partial charge in [-0.2, -0.15) is 17.5 Å². The molecular weight excluding hydrogens is 413 g/mol. The molecule has 11 heteroatoms. The molecule has 1 aromatic rings. The maximum absolute atomic E-state index is 12.6. The van der Waals surface area contributed by atoms with Crippen LogP contribution in [0.1, 0.15) is 31.6 Å². The standard InChI is InChI=1S/C17H27F3N4O2S2/c1-16(2,14-5-4-10-27-14)12-23-15(21-3)22-11-13-6-8-24(9-7-13)28(25,26)17(18,19)20/h4-5,10,13H,6-9,11-12H2,1-3H3,(H2,21,22,23). The zero-order chi connectivity index (χ0) is 21.0. The fraction of sp³-hybridized carbons (Fsp3) is 0.706. The Morgan fingerprint density at radius 3 is 2.43 bits per heavy atom. The second-order valence-electron chi connectivity index (χ2n) is 7.46. The number of guanidine groups is 1. The highest BCUT2D eigenvalue weighted by Gasteiger charge is 2.50. The van der Waals surface area contributed by atoms with Gasteiger partial charge in [-0.05, 0) is 30.2 Å². The van der Waals surface area contributed by atoms with Gasteiger partial charge in [-0.1, -0.05) is 19.9 Å². The molecule has 0 radical (unpaired) electrons. The first kappa shape index (κ1) is 23.0. The van der Waals surface area contributed by atoms with Gasteiger partial charge in [-0.25, -0.2) is 8.42 Å². The number of rotatable bonds is 6. The van der Waals surface area contributed by atoms with E-state index < -0.39 is 15.5 Å². The predicted molar refractivity (Wildman–Crippen MR) is 106 cm³/mol. The van der Waals surface area contributed by atoms with E-state index in [4.69, 9.17) is 0 Å². The molecular formula is C17H27F3N4O2S2. The second kappa shape index (κ2) is 9.00. The van der Waals surface area contributed by atoms with Crippen LogP contribution in [-0.4, -0.2) is 57.4 Å². The average Bonchev–Trinajstić information content (AvgIpc) is 3.17. The average molecular weight is 441 g/mol. The largest absolute Gasteiger partial charge is 0.511 e. The summed E-state index contributed by atoms with van der Waals surface area (Å²) in [6.45, 7) is 5.23. The minimum absolute atomic E-state index is 0.0664. The summed E-state index contributed by atoms with van der Waals surface area (Å²) in [5, 5.41) is 8.51. The number of hydrogen-bond acceptors (Lipinski definition) is 4. The van der Waals surface area contributed by atoms with Gasteiger partial charge in [0.25, 0.3) is 0 Å². The van der Waals surface area contributed by atoms with Crippen molar-refractivity contribution in [2.75, 3.05) is 33.2 Å². The molecule has 0 amide bonds. The SMILES string of the molecule is CN=C(NCC1CCN(S(=O)(=O)C(F)(F)F)CC1)NCC(C)(C)c1cccs1. The van der Waals surface area contributed by atoms with Crippen molar-refractivity contribution < 1.29 is 21.6 Å². The Balaban J connectivity index is 1.79. The Labute approximate surface area is 168 Å². The Hall–Kier alpha value is -1.33. The van der Waals surface area contributed by atoms with Crippen LogP contribution in [0.4, 0.5) is 13.2 Å². The van der Waals surface area contributed by atoms with Crippen LogP contribution < -0.4 is 10.6 Å². The highest BCUT2D eigenvalue weighted by Crippen LogP contribution is 2.30. The van der Waals surface area contributed by atoms with Gasteiger partial charge in [0.15, 0.2) is 5.96 Å². The van der Waals surface area contributed by atoms with Crippen molar-refractivity contribution in [3.63, 3.8) is 0 Å². The van der Waals surface area contributed by atoms with E-state index in [0.29, 0.717) is 36.2 Å². The first-order chi connectivity index (χ1) is 13.0. The van der Waals surface area contributed by atoms with Crippen molar-refractivity contribution in [1.82, 2.24) is 14.9 Å². The highest BCUT2D eigenvalue weighted by atomic mass is 32.2. The number of halogens is 3. The first-order valence-electron chi connectivity index (χ1n) is 9.02. The van der Waals surface area contributed by atoms with Gasteiger partial charge in [0.1, 0.15) is 0 Å². The smallest absolute Gasteiger partial charge is 0.356 e. The van der Waals surface area contributed by atoms with Crippen LogP contribution in [0, 0.1) is 5.92 Å². The van der Waals surface area contributed by atoms with Crippen LogP contribution in [0.2, 0.25) is 0 Å². The summed E-state index contributed by atoms with van der Waals surface area (Å²) >= 11 is 1.69. The maximum Gasteiger partial charge on any atom is 0.511 e. The molecule has 0 aromatic carbocycles. The van der Waals surface area contributed by atoms with Crippen molar-refractivity contribution in [3.05, 3.63) is 22.4 Å². The summed E-state index contributed by atoms with van der Waals surface area (Å²) in [4.78, 5) is 5.44. The molecule has 0 bridgehead atoms. The van der Waals surface area contributed by atoms with Crippen LogP contribution in [0.15, 0.2) is 22.5 Å². The predicted octanol–water partition coefficient (Wildman–Crippen LogP) is 2.75. The minimum atomic E-state index is -5.24. The second-order valence-corrected chi connectivity index (χ2v) is 10.3.